The molecule has 2 saturated heterocycles. The number of aromatic nitrogens is 1. The van der Waals surface area contributed by atoms with E-state index in [1.54, 1.807) is 0 Å². The average molecular weight is 458 g/mol. The third kappa shape index (κ3) is 6.73. The Labute approximate surface area is 192 Å². The first-order chi connectivity index (χ1) is 13.3. The molecule has 3 heterocycles. The lowest BCUT2D eigenvalue weighted by Crippen LogP contribution is -2.55. The SMILES string of the molecule is Cl.Cl.Clc1cccc(N2CCN(C3CCCN(CCc4ccccn4)C3)CC2)c1. The van der Waals surface area contributed by atoms with Crippen LogP contribution < -0.4 is 4.90 Å². The van der Waals surface area contributed by atoms with Crippen LogP contribution in [0.2, 0.25) is 5.02 Å². The molecule has 1 atom stereocenters. The lowest BCUT2D eigenvalue weighted by atomic mass is 10.0. The number of nitrogens with zero attached hydrogens (tertiary/aromatic N) is 4. The van der Waals surface area contributed by atoms with Gasteiger partial charge in [0.1, 0.15) is 0 Å². The number of rotatable bonds is 5. The van der Waals surface area contributed by atoms with Crippen LogP contribution >= 0.6 is 36.4 Å². The van der Waals surface area contributed by atoms with Crippen LogP contribution in [0.1, 0.15) is 18.5 Å². The number of piperidine rings is 1. The Morgan fingerprint density at radius 3 is 2.52 bits per heavy atom. The van der Waals surface area contributed by atoms with Gasteiger partial charge >= 0.3 is 0 Å². The van der Waals surface area contributed by atoms with Crippen LogP contribution in [0.5, 0.6) is 0 Å². The fraction of sp³-hybridized carbons (Fsp3) is 0.500. The van der Waals surface area contributed by atoms with Crippen LogP contribution in [0, 0.1) is 0 Å². The highest BCUT2D eigenvalue weighted by Gasteiger charge is 2.28. The molecule has 29 heavy (non-hydrogen) atoms. The first-order valence-electron chi connectivity index (χ1n) is 10.1. The number of likely N-dealkylation sites (tertiary alicyclic amines) is 1. The lowest BCUT2D eigenvalue weighted by Gasteiger charge is -2.44. The van der Waals surface area contributed by atoms with Crippen LogP contribution in [0.25, 0.3) is 0 Å². The molecule has 0 spiro atoms. The van der Waals surface area contributed by atoms with Crippen molar-refractivity contribution in [1.82, 2.24) is 14.8 Å². The topological polar surface area (TPSA) is 22.6 Å². The first kappa shape index (κ1) is 24.2. The van der Waals surface area contributed by atoms with Crippen LogP contribution in [0.4, 0.5) is 5.69 Å². The molecule has 160 valence electrons. The molecule has 0 radical (unpaired) electrons. The Hall–Kier alpha value is -1.04. The van der Waals surface area contributed by atoms with Crippen molar-refractivity contribution in [1.29, 1.82) is 0 Å². The second kappa shape index (κ2) is 12.0. The predicted octanol–water partition coefficient (Wildman–Crippen LogP) is 4.41. The van der Waals surface area contributed by atoms with Crippen molar-refractivity contribution < 1.29 is 0 Å². The molecule has 2 aromatic rings. The Morgan fingerprint density at radius 1 is 0.966 bits per heavy atom. The summed E-state index contributed by atoms with van der Waals surface area (Å²) in [6.45, 7) is 8.01. The van der Waals surface area contributed by atoms with Gasteiger partial charge in [0.25, 0.3) is 0 Å². The van der Waals surface area contributed by atoms with Crippen molar-refractivity contribution in [3.8, 4) is 0 Å². The van der Waals surface area contributed by atoms with E-state index < -0.39 is 0 Å². The summed E-state index contributed by atoms with van der Waals surface area (Å²) in [4.78, 5) is 12.3. The third-order valence-corrected chi connectivity index (χ3v) is 6.13. The van der Waals surface area contributed by atoms with Gasteiger partial charge in [0.05, 0.1) is 0 Å². The lowest BCUT2D eigenvalue weighted by molar-refractivity contribution is 0.0931. The molecule has 1 aromatic carbocycles. The van der Waals surface area contributed by atoms with Gasteiger partial charge in [-0.2, -0.15) is 0 Å². The maximum Gasteiger partial charge on any atom is 0.0426 e. The van der Waals surface area contributed by atoms with Crippen LogP contribution in [-0.4, -0.2) is 66.6 Å². The van der Waals surface area contributed by atoms with E-state index in [0.717, 1.165) is 44.2 Å². The van der Waals surface area contributed by atoms with Gasteiger partial charge in [0.2, 0.25) is 0 Å². The van der Waals surface area contributed by atoms with Crippen molar-refractivity contribution in [3.63, 3.8) is 0 Å². The number of hydrogen-bond acceptors (Lipinski definition) is 4. The molecular formula is C22H31Cl3N4. The molecule has 0 bridgehead atoms. The maximum absolute atomic E-state index is 6.16. The van der Waals surface area contributed by atoms with E-state index >= 15 is 0 Å². The van der Waals surface area contributed by atoms with Crippen molar-refractivity contribution in [2.75, 3.05) is 50.7 Å². The standard InChI is InChI=1S/C22H29ClN4.2ClH/c23-19-5-3-7-21(17-19)26-13-15-27(16-14-26)22-8-4-11-25(18-22)12-9-20-6-1-2-10-24-20;;/h1-3,5-7,10,17,22H,4,8-9,11-16,18H2;2*1H. The summed E-state index contributed by atoms with van der Waals surface area (Å²) in [5, 5.41) is 0.825. The first-order valence-corrected chi connectivity index (χ1v) is 10.5. The van der Waals surface area contributed by atoms with Crippen LogP contribution in [0.3, 0.4) is 0 Å². The van der Waals surface area contributed by atoms with Crippen molar-refractivity contribution in [3.05, 3.63) is 59.4 Å². The Bertz CT molecular complexity index is 723. The zero-order valence-corrected chi connectivity index (χ0v) is 19.1. The molecular weight excluding hydrogens is 427 g/mol. The minimum absolute atomic E-state index is 0. The molecule has 7 heteroatoms. The molecule has 1 aromatic heterocycles. The fourth-order valence-electron chi connectivity index (χ4n) is 4.37. The summed E-state index contributed by atoms with van der Waals surface area (Å²) in [5.41, 5.74) is 2.46. The molecule has 2 aliphatic rings. The summed E-state index contributed by atoms with van der Waals surface area (Å²) in [6.07, 6.45) is 5.59. The Balaban J connectivity index is 0.00000150. The Kier molecular flexibility index (Phi) is 10.0. The zero-order valence-electron chi connectivity index (χ0n) is 16.8. The molecule has 4 rings (SSSR count). The summed E-state index contributed by atoms with van der Waals surface area (Å²) < 4.78 is 0. The maximum atomic E-state index is 6.16. The fourth-order valence-corrected chi connectivity index (χ4v) is 4.55. The van der Waals surface area contributed by atoms with Gasteiger partial charge in [-0.05, 0) is 49.7 Å². The van der Waals surface area contributed by atoms with Gasteiger partial charge in [-0.25, -0.2) is 0 Å². The number of halogens is 3. The highest BCUT2D eigenvalue weighted by Crippen LogP contribution is 2.23. The number of benzene rings is 1. The highest BCUT2D eigenvalue weighted by atomic mass is 35.5. The van der Waals surface area contributed by atoms with E-state index in [9.17, 15) is 0 Å². The van der Waals surface area contributed by atoms with E-state index in [-0.39, 0.29) is 24.8 Å². The van der Waals surface area contributed by atoms with E-state index in [1.807, 2.05) is 24.4 Å². The molecule has 2 aliphatic heterocycles. The second-order valence-corrected chi connectivity index (χ2v) is 8.11. The average Bonchev–Trinajstić information content (AvgIpc) is 2.73. The van der Waals surface area contributed by atoms with Gasteiger partial charge in [-0.15, -0.1) is 24.8 Å². The van der Waals surface area contributed by atoms with Gasteiger partial charge < -0.3 is 9.80 Å². The van der Waals surface area contributed by atoms with Crippen LogP contribution in [-0.2, 0) is 6.42 Å². The molecule has 4 nitrogen and oxygen atoms in total. The molecule has 2 fully saturated rings. The largest absolute Gasteiger partial charge is 0.369 e. The molecule has 0 aliphatic carbocycles. The minimum Gasteiger partial charge on any atom is -0.369 e. The van der Waals surface area contributed by atoms with Crippen molar-refractivity contribution in [2.45, 2.75) is 25.3 Å². The quantitative estimate of drug-likeness (QED) is 0.663. The molecule has 0 amide bonds. The smallest absolute Gasteiger partial charge is 0.0426 e. The number of pyridine rings is 1. The van der Waals surface area contributed by atoms with Gasteiger partial charge in [0.15, 0.2) is 0 Å². The van der Waals surface area contributed by atoms with Crippen molar-refractivity contribution in [2.24, 2.45) is 0 Å². The number of anilines is 1. The Morgan fingerprint density at radius 2 is 1.79 bits per heavy atom. The molecule has 0 N–H and O–H groups in total. The van der Waals surface area contributed by atoms with Crippen molar-refractivity contribution >= 4 is 42.1 Å². The van der Waals surface area contributed by atoms with E-state index in [0.29, 0.717) is 6.04 Å². The number of hydrogen-bond donors (Lipinski definition) is 0. The normalized spacial score (nSPS) is 20.6. The van der Waals surface area contributed by atoms with Crippen LogP contribution in [0.15, 0.2) is 48.7 Å². The number of piperazine rings is 1. The summed E-state index contributed by atoms with van der Waals surface area (Å²) >= 11 is 6.16. The van der Waals surface area contributed by atoms with Gasteiger partial charge in [-0.1, -0.05) is 23.7 Å². The zero-order chi connectivity index (χ0) is 18.5. The second-order valence-electron chi connectivity index (χ2n) is 7.67. The van der Waals surface area contributed by atoms with Gasteiger partial charge in [0, 0.05) is 74.3 Å². The monoisotopic (exact) mass is 456 g/mol. The third-order valence-electron chi connectivity index (χ3n) is 5.89. The van der Waals surface area contributed by atoms with E-state index in [1.165, 1.54) is 37.3 Å². The van der Waals surface area contributed by atoms with Gasteiger partial charge in [-0.3, -0.25) is 9.88 Å². The molecule has 1 unspecified atom stereocenters. The summed E-state index contributed by atoms with van der Waals surface area (Å²) in [7, 11) is 0. The minimum atomic E-state index is 0. The highest BCUT2D eigenvalue weighted by molar-refractivity contribution is 6.30. The summed E-state index contributed by atoms with van der Waals surface area (Å²) in [5.74, 6) is 0. The van der Waals surface area contributed by atoms with E-state index in [2.05, 4.69) is 43.9 Å². The molecule has 0 saturated carbocycles. The summed E-state index contributed by atoms with van der Waals surface area (Å²) in [6, 6.07) is 15.1. The van der Waals surface area contributed by atoms with E-state index in [4.69, 9.17) is 11.6 Å². The predicted molar refractivity (Wildman–Crippen MR) is 127 cm³/mol.